The zero-order valence-corrected chi connectivity index (χ0v) is 14.3. The minimum Gasteiger partial charge on any atom is -0.348 e. The van der Waals surface area contributed by atoms with E-state index >= 15 is 0 Å². The van der Waals surface area contributed by atoms with Gasteiger partial charge >= 0.3 is 0 Å². The number of fused-ring (bicyclic) bond motifs is 2. The van der Waals surface area contributed by atoms with E-state index in [0.717, 1.165) is 37.5 Å². The molecule has 4 rings (SSSR count). The first-order chi connectivity index (χ1) is 12.6. The van der Waals surface area contributed by atoms with Gasteiger partial charge in [-0.15, -0.1) is 10.2 Å². The number of carbonyl (C=O) groups is 2. The van der Waals surface area contributed by atoms with E-state index in [0.29, 0.717) is 11.3 Å². The van der Waals surface area contributed by atoms with Crippen LogP contribution in [0.25, 0.3) is 0 Å². The lowest BCUT2D eigenvalue weighted by molar-refractivity contribution is -0.126. The molecule has 7 nitrogen and oxygen atoms in total. The van der Waals surface area contributed by atoms with Gasteiger partial charge in [0.05, 0.1) is 12.5 Å². The van der Waals surface area contributed by atoms with Crippen LogP contribution in [-0.2, 0) is 29.1 Å². The Hall–Kier alpha value is -2.77. The van der Waals surface area contributed by atoms with Gasteiger partial charge in [-0.1, -0.05) is 12.5 Å². The molecule has 2 aliphatic rings. The van der Waals surface area contributed by atoms with E-state index in [1.54, 1.807) is 6.07 Å². The Kier molecular flexibility index (Phi) is 4.40. The van der Waals surface area contributed by atoms with Gasteiger partial charge in [-0.25, -0.2) is 4.39 Å². The van der Waals surface area contributed by atoms with Crippen LogP contribution in [0.1, 0.15) is 48.8 Å². The van der Waals surface area contributed by atoms with Gasteiger partial charge in [0.2, 0.25) is 11.8 Å². The molecule has 0 spiro atoms. The fraction of sp³-hybridized carbons (Fsp3) is 0.444. The largest absolute Gasteiger partial charge is 0.348 e. The number of anilines is 1. The Morgan fingerprint density at radius 2 is 2.19 bits per heavy atom. The summed E-state index contributed by atoms with van der Waals surface area (Å²) in [7, 11) is 0. The molecular weight excluding hydrogens is 337 g/mol. The van der Waals surface area contributed by atoms with Crippen LogP contribution in [0.2, 0.25) is 0 Å². The topological polar surface area (TPSA) is 88.9 Å². The van der Waals surface area contributed by atoms with Crippen molar-refractivity contribution in [1.29, 1.82) is 0 Å². The number of rotatable bonds is 3. The molecule has 1 atom stereocenters. The SMILES string of the molecule is O=C1C[C@H](C(=O)NCc2nnc3n2CCCCC3)c2ccc(F)cc2N1. The summed E-state index contributed by atoms with van der Waals surface area (Å²) < 4.78 is 15.5. The van der Waals surface area contributed by atoms with Gasteiger partial charge in [0.25, 0.3) is 0 Å². The molecule has 0 bridgehead atoms. The molecule has 0 unspecified atom stereocenters. The Bertz CT molecular complexity index is 863. The molecule has 2 amide bonds. The molecule has 2 N–H and O–H groups in total. The third-order valence-electron chi connectivity index (χ3n) is 4.98. The summed E-state index contributed by atoms with van der Waals surface area (Å²) in [6.45, 7) is 1.13. The zero-order chi connectivity index (χ0) is 18.1. The summed E-state index contributed by atoms with van der Waals surface area (Å²) in [5.41, 5.74) is 0.987. The van der Waals surface area contributed by atoms with Gasteiger partial charge in [0.1, 0.15) is 11.6 Å². The lowest BCUT2D eigenvalue weighted by atomic mass is 9.89. The molecule has 136 valence electrons. The highest BCUT2D eigenvalue weighted by Gasteiger charge is 2.31. The zero-order valence-electron chi connectivity index (χ0n) is 14.3. The van der Waals surface area contributed by atoms with E-state index in [1.165, 1.54) is 18.6 Å². The normalized spacial score (nSPS) is 19.1. The molecular formula is C18H20FN5O2. The Balaban J connectivity index is 1.49. The van der Waals surface area contributed by atoms with Crippen molar-refractivity contribution in [3.8, 4) is 0 Å². The second-order valence-electron chi connectivity index (χ2n) is 6.75. The average Bonchev–Trinajstić information content (AvgIpc) is 2.84. The van der Waals surface area contributed by atoms with Gasteiger partial charge in [0, 0.05) is 25.1 Å². The number of halogens is 1. The summed E-state index contributed by atoms with van der Waals surface area (Å²) in [5.74, 6) is 0.0554. The van der Waals surface area contributed by atoms with Crippen LogP contribution in [0.15, 0.2) is 18.2 Å². The molecule has 1 aromatic heterocycles. The highest BCUT2D eigenvalue weighted by molar-refractivity contribution is 6.01. The van der Waals surface area contributed by atoms with Crippen LogP contribution in [0, 0.1) is 5.82 Å². The lowest BCUT2D eigenvalue weighted by Gasteiger charge is -2.24. The summed E-state index contributed by atoms with van der Waals surface area (Å²) in [6, 6.07) is 4.09. The van der Waals surface area contributed by atoms with E-state index in [9.17, 15) is 14.0 Å². The van der Waals surface area contributed by atoms with Gasteiger partial charge in [-0.3, -0.25) is 9.59 Å². The molecule has 0 radical (unpaired) electrons. The standard InChI is InChI=1S/C18H20FN5O2/c19-11-5-6-12-13(9-17(25)21-14(12)8-11)18(26)20-10-16-23-22-15-4-2-1-3-7-24(15)16/h5-6,8,13H,1-4,7,9-10H2,(H,20,26)(H,21,25)/t13-/m0/s1. The van der Waals surface area contributed by atoms with Crippen LogP contribution in [0.5, 0.6) is 0 Å². The highest BCUT2D eigenvalue weighted by Crippen LogP contribution is 2.32. The van der Waals surface area contributed by atoms with Crippen LogP contribution >= 0.6 is 0 Å². The van der Waals surface area contributed by atoms with E-state index < -0.39 is 11.7 Å². The first kappa shape index (κ1) is 16.7. The van der Waals surface area contributed by atoms with E-state index in [1.807, 2.05) is 0 Å². The van der Waals surface area contributed by atoms with Crippen molar-refractivity contribution in [3.63, 3.8) is 0 Å². The number of aryl methyl sites for hydroxylation is 1. The summed E-state index contributed by atoms with van der Waals surface area (Å²) in [4.78, 5) is 24.6. The summed E-state index contributed by atoms with van der Waals surface area (Å²) in [5, 5.41) is 13.9. The number of amides is 2. The Morgan fingerprint density at radius 3 is 3.08 bits per heavy atom. The average molecular weight is 357 g/mol. The first-order valence-electron chi connectivity index (χ1n) is 8.90. The van der Waals surface area contributed by atoms with Gasteiger partial charge in [-0.2, -0.15) is 0 Å². The van der Waals surface area contributed by atoms with Crippen molar-refractivity contribution in [2.75, 3.05) is 5.32 Å². The maximum atomic E-state index is 13.4. The highest BCUT2D eigenvalue weighted by atomic mass is 19.1. The Morgan fingerprint density at radius 1 is 1.31 bits per heavy atom. The maximum Gasteiger partial charge on any atom is 0.228 e. The van der Waals surface area contributed by atoms with Crippen LogP contribution in [0.3, 0.4) is 0 Å². The molecule has 0 saturated heterocycles. The third-order valence-corrected chi connectivity index (χ3v) is 4.98. The number of hydrogen-bond acceptors (Lipinski definition) is 4. The van der Waals surface area contributed by atoms with Crippen molar-refractivity contribution in [1.82, 2.24) is 20.1 Å². The van der Waals surface area contributed by atoms with Crippen molar-refractivity contribution < 1.29 is 14.0 Å². The second-order valence-corrected chi connectivity index (χ2v) is 6.75. The molecule has 8 heteroatoms. The number of nitrogens with one attached hydrogen (secondary N) is 2. The van der Waals surface area contributed by atoms with Crippen molar-refractivity contribution in [3.05, 3.63) is 41.2 Å². The minimum absolute atomic E-state index is 0.0441. The lowest BCUT2D eigenvalue weighted by Crippen LogP contribution is -2.35. The molecule has 2 aromatic rings. The number of aromatic nitrogens is 3. The van der Waals surface area contributed by atoms with E-state index in [-0.39, 0.29) is 24.8 Å². The predicted octanol–water partition coefficient (Wildman–Crippen LogP) is 1.89. The molecule has 0 saturated carbocycles. The molecule has 3 heterocycles. The van der Waals surface area contributed by atoms with E-state index in [4.69, 9.17) is 0 Å². The smallest absolute Gasteiger partial charge is 0.228 e. The summed E-state index contributed by atoms with van der Waals surface area (Å²) in [6.07, 6.45) is 4.30. The van der Waals surface area contributed by atoms with E-state index in [2.05, 4.69) is 25.4 Å². The first-order valence-corrected chi connectivity index (χ1v) is 8.90. The number of benzene rings is 1. The number of nitrogens with zero attached hydrogens (tertiary/aromatic N) is 3. The van der Waals surface area contributed by atoms with Crippen LogP contribution in [0.4, 0.5) is 10.1 Å². The van der Waals surface area contributed by atoms with Gasteiger partial charge < -0.3 is 15.2 Å². The second kappa shape index (κ2) is 6.86. The molecule has 0 fully saturated rings. The van der Waals surface area contributed by atoms with Gasteiger partial charge in [-0.05, 0) is 30.5 Å². The van der Waals surface area contributed by atoms with Crippen molar-refractivity contribution in [2.24, 2.45) is 0 Å². The summed E-state index contributed by atoms with van der Waals surface area (Å²) >= 11 is 0. The van der Waals surface area contributed by atoms with Gasteiger partial charge in [0.15, 0.2) is 5.82 Å². The fourth-order valence-corrected chi connectivity index (χ4v) is 3.64. The maximum absolute atomic E-state index is 13.4. The number of hydrogen-bond donors (Lipinski definition) is 2. The monoisotopic (exact) mass is 357 g/mol. The minimum atomic E-state index is -0.633. The molecule has 1 aromatic carbocycles. The Labute approximate surface area is 150 Å². The quantitative estimate of drug-likeness (QED) is 0.878. The third kappa shape index (κ3) is 3.18. The van der Waals surface area contributed by atoms with Crippen LogP contribution < -0.4 is 10.6 Å². The molecule has 0 aliphatic carbocycles. The predicted molar refractivity (Wildman–Crippen MR) is 91.8 cm³/mol. The molecule has 2 aliphatic heterocycles. The van der Waals surface area contributed by atoms with Crippen molar-refractivity contribution >= 4 is 17.5 Å². The molecule has 26 heavy (non-hydrogen) atoms. The van der Waals surface area contributed by atoms with Crippen LogP contribution in [-0.4, -0.2) is 26.6 Å². The van der Waals surface area contributed by atoms with Crippen molar-refractivity contribution in [2.45, 2.75) is 51.1 Å². The fourth-order valence-electron chi connectivity index (χ4n) is 3.64. The number of carbonyl (C=O) groups excluding carboxylic acids is 2.